The summed E-state index contributed by atoms with van der Waals surface area (Å²) >= 11 is 1.88. The lowest BCUT2D eigenvalue weighted by Crippen LogP contribution is -2.11. The van der Waals surface area contributed by atoms with E-state index in [4.69, 9.17) is 0 Å². The van der Waals surface area contributed by atoms with Gasteiger partial charge in [0.1, 0.15) is 0 Å². The molecular formula is C54H36N2S. The second kappa shape index (κ2) is 13.8. The molecule has 0 saturated carbocycles. The first-order valence-corrected chi connectivity index (χ1v) is 20.2. The van der Waals surface area contributed by atoms with E-state index in [9.17, 15) is 0 Å². The summed E-state index contributed by atoms with van der Waals surface area (Å²) < 4.78 is 5.02. The predicted molar refractivity (Wildman–Crippen MR) is 245 cm³/mol. The van der Waals surface area contributed by atoms with E-state index in [-0.39, 0.29) is 0 Å². The Morgan fingerprint density at radius 3 is 1.51 bits per heavy atom. The molecule has 2 heterocycles. The number of nitrogens with zero attached hydrogens (tertiary/aromatic N) is 2. The fourth-order valence-corrected chi connectivity index (χ4v) is 9.77. The van der Waals surface area contributed by atoms with Crippen molar-refractivity contribution in [3.63, 3.8) is 0 Å². The number of benzene rings is 9. The zero-order chi connectivity index (χ0) is 37.7. The molecule has 11 rings (SSSR count). The van der Waals surface area contributed by atoms with Crippen LogP contribution in [0.25, 0.3) is 81.0 Å². The van der Waals surface area contributed by atoms with E-state index in [1.165, 1.54) is 75.4 Å². The summed E-state index contributed by atoms with van der Waals surface area (Å²) in [7, 11) is 0. The SMILES string of the molecule is c1ccc(-c2ccccc2N(c2ccc(-c3ccc(-n4c5ccccc5c5ccccc54)cc3)cc2)c2ccc(-c3cccc4c3sc3ccccc34)cc2)cc1. The maximum absolute atomic E-state index is 2.39. The highest BCUT2D eigenvalue weighted by atomic mass is 32.1. The molecule has 0 radical (unpaired) electrons. The van der Waals surface area contributed by atoms with Crippen molar-refractivity contribution >= 4 is 70.4 Å². The van der Waals surface area contributed by atoms with Gasteiger partial charge in [-0.05, 0) is 88.5 Å². The summed E-state index contributed by atoms with van der Waals surface area (Å²) in [6.45, 7) is 0. The molecule has 0 spiro atoms. The van der Waals surface area contributed by atoms with E-state index in [1.54, 1.807) is 0 Å². The van der Waals surface area contributed by atoms with E-state index in [2.05, 4.69) is 228 Å². The second-order valence-electron chi connectivity index (χ2n) is 14.5. The number of para-hydroxylation sites is 3. The third-order valence-electron chi connectivity index (χ3n) is 11.2. The molecular weight excluding hydrogens is 709 g/mol. The molecule has 57 heavy (non-hydrogen) atoms. The molecule has 0 aliphatic carbocycles. The number of anilines is 3. The van der Waals surface area contributed by atoms with Gasteiger partial charge < -0.3 is 9.47 Å². The summed E-state index contributed by atoms with van der Waals surface area (Å²) in [4.78, 5) is 2.39. The molecule has 0 aliphatic rings. The van der Waals surface area contributed by atoms with E-state index >= 15 is 0 Å². The molecule has 268 valence electrons. The maximum atomic E-state index is 2.39. The minimum atomic E-state index is 1.10. The van der Waals surface area contributed by atoms with Crippen LogP contribution in [0.5, 0.6) is 0 Å². The Morgan fingerprint density at radius 1 is 0.333 bits per heavy atom. The van der Waals surface area contributed by atoms with Gasteiger partial charge in [0.25, 0.3) is 0 Å². The molecule has 0 bridgehead atoms. The van der Waals surface area contributed by atoms with Gasteiger partial charge in [0.2, 0.25) is 0 Å². The fourth-order valence-electron chi connectivity index (χ4n) is 8.53. The van der Waals surface area contributed by atoms with Gasteiger partial charge in [-0.15, -0.1) is 11.3 Å². The van der Waals surface area contributed by atoms with Crippen LogP contribution in [0.4, 0.5) is 17.1 Å². The molecule has 0 fully saturated rings. The molecule has 0 amide bonds. The number of thiophene rings is 1. The van der Waals surface area contributed by atoms with Gasteiger partial charge in [-0.25, -0.2) is 0 Å². The van der Waals surface area contributed by atoms with Gasteiger partial charge in [-0.1, -0.05) is 158 Å². The molecule has 0 saturated heterocycles. The Bertz CT molecular complexity index is 3160. The number of hydrogen-bond donors (Lipinski definition) is 0. The van der Waals surface area contributed by atoms with E-state index in [1.807, 2.05) is 11.3 Å². The highest BCUT2D eigenvalue weighted by Crippen LogP contribution is 2.44. The van der Waals surface area contributed by atoms with Crippen molar-refractivity contribution in [2.45, 2.75) is 0 Å². The van der Waals surface area contributed by atoms with Crippen molar-refractivity contribution in [3.05, 3.63) is 218 Å². The van der Waals surface area contributed by atoms with Crippen molar-refractivity contribution < 1.29 is 0 Å². The summed E-state index contributed by atoms with van der Waals surface area (Å²) in [5, 5.41) is 5.18. The Kier molecular flexibility index (Phi) is 8.04. The number of aromatic nitrogens is 1. The Morgan fingerprint density at radius 2 is 0.825 bits per heavy atom. The summed E-state index contributed by atoms with van der Waals surface area (Å²) in [6, 6.07) is 79.2. The molecule has 0 atom stereocenters. The minimum Gasteiger partial charge on any atom is -0.310 e. The largest absolute Gasteiger partial charge is 0.310 e. The Balaban J connectivity index is 0.976. The van der Waals surface area contributed by atoms with Crippen LogP contribution in [0.3, 0.4) is 0 Å². The molecule has 9 aromatic carbocycles. The van der Waals surface area contributed by atoms with Gasteiger partial charge in [-0.3, -0.25) is 0 Å². The quantitative estimate of drug-likeness (QED) is 0.158. The van der Waals surface area contributed by atoms with Gasteiger partial charge >= 0.3 is 0 Å². The normalized spacial score (nSPS) is 11.5. The molecule has 2 aromatic heterocycles. The first kappa shape index (κ1) is 33.2. The number of rotatable bonds is 7. The topological polar surface area (TPSA) is 8.17 Å². The molecule has 2 nitrogen and oxygen atoms in total. The highest BCUT2D eigenvalue weighted by molar-refractivity contribution is 7.26. The molecule has 0 unspecified atom stereocenters. The van der Waals surface area contributed by atoms with Crippen LogP contribution >= 0.6 is 11.3 Å². The molecule has 3 heteroatoms. The summed E-state index contributed by atoms with van der Waals surface area (Å²) in [5.41, 5.74) is 14.1. The lowest BCUT2D eigenvalue weighted by molar-refractivity contribution is 1.18. The van der Waals surface area contributed by atoms with E-state index in [0.29, 0.717) is 0 Å². The van der Waals surface area contributed by atoms with Crippen LogP contribution in [0.2, 0.25) is 0 Å². The minimum absolute atomic E-state index is 1.10. The van der Waals surface area contributed by atoms with Crippen LogP contribution in [0.1, 0.15) is 0 Å². The molecule has 11 aromatic rings. The summed E-state index contributed by atoms with van der Waals surface area (Å²) in [6.07, 6.45) is 0. The van der Waals surface area contributed by atoms with E-state index in [0.717, 1.165) is 22.7 Å². The monoisotopic (exact) mass is 744 g/mol. The Hall–Kier alpha value is -7.20. The van der Waals surface area contributed by atoms with Crippen molar-refractivity contribution in [1.29, 1.82) is 0 Å². The van der Waals surface area contributed by atoms with Crippen LogP contribution in [-0.4, -0.2) is 4.57 Å². The van der Waals surface area contributed by atoms with Crippen LogP contribution in [0.15, 0.2) is 218 Å². The van der Waals surface area contributed by atoms with Gasteiger partial charge in [0.05, 0.1) is 16.7 Å². The zero-order valence-corrected chi connectivity index (χ0v) is 31.9. The Labute approximate surface area is 335 Å². The van der Waals surface area contributed by atoms with Crippen molar-refractivity contribution in [1.82, 2.24) is 4.57 Å². The van der Waals surface area contributed by atoms with Crippen LogP contribution in [-0.2, 0) is 0 Å². The lowest BCUT2D eigenvalue weighted by Gasteiger charge is -2.28. The third-order valence-corrected chi connectivity index (χ3v) is 12.5. The van der Waals surface area contributed by atoms with Crippen LogP contribution in [0, 0.1) is 0 Å². The van der Waals surface area contributed by atoms with Crippen LogP contribution < -0.4 is 4.90 Å². The van der Waals surface area contributed by atoms with Gasteiger partial charge in [-0.2, -0.15) is 0 Å². The number of fused-ring (bicyclic) bond motifs is 6. The standard InChI is InChI=1S/C54H36N2S/c1-2-13-39(14-3-1)44-15-4-8-21-50(44)55(42-35-29-40(30-36-42)45-19-12-20-49-48-18-7-11-24-53(48)57-54(45)49)41-31-25-37(26-32-41)38-27-33-43(34-28-38)56-51-22-9-5-16-46(51)47-17-6-10-23-52(47)56/h1-36H. The highest BCUT2D eigenvalue weighted by Gasteiger charge is 2.19. The van der Waals surface area contributed by atoms with Gasteiger partial charge in [0.15, 0.2) is 0 Å². The van der Waals surface area contributed by atoms with Crippen molar-refractivity contribution in [2.75, 3.05) is 4.90 Å². The second-order valence-corrected chi connectivity index (χ2v) is 15.6. The maximum Gasteiger partial charge on any atom is 0.0541 e. The third kappa shape index (κ3) is 5.71. The molecule has 0 aliphatic heterocycles. The number of hydrogen-bond acceptors (Lipinski definition) is 2. The van der Waals surface area contributed by atoms with E-state index < -0.39 is 0 Å². The first-order valence-electron chi connectivity index (χ1n) is 19.4. The lowest BCUT2D eigenvalue weighted by atomic mass is 10.00. The zero-order valence-electron chi connectivity index (χ0n) is 31.1. The van der Waals surface area contributed by atoms with Crippen molar-refractivity contribution in [3.8, 4) is 39.1 Å². The first-order chi connectivity index (χ1) is 28.3. The summed E-state index contributed by atoms with van der Waals surface area (Å²) in [5.74, 6) is 0. The smallest absolute Gasteiger partial charge is 0.0541 e. The van der Waals surface area contributed by atoms with Gasteiger partial charge in [0, 0.05) is 53.6 Å². The average Bonchev–Trinajstić information content (AvgIpc) is 3.84. The van der Waals surface area contributed by atoms with Crippen molar-refractivity contribution in [2.24, 2.45) is 0 Å². The predicted octanol–water partition coefficient (Wildman–Crippen LogP) is 15.6. The molecule has 0 N–H and O–H groups in total. The fraction of sp³-hybridized carbons (Fsp3) is 0. The average molecular weight is 745 g/mol.